The highest BCUT2D eigenvalue weighted by molar-refractivity contribution is 5.87. The van der Waals surface area contributed by atoms with Crippen LogP contribution in [0.3, 0.4) is 0 Å². The van der Waals surface area contributed by atoms with Crippen molar-refractivity contribution < 1.29 is 4.79 Å². The van der Waals surface area contributed by atoms with E-state index >= 15 is 0 Å². The molecule has 98 valence electrons. The molecule has 1 aromatic heterocycles. The van der Waals surface area contributed by atoms with E-state index in [1.54, 1.807) is 24.4 Å². The third kappa shape index (κ3) is 3.10. The van der Waals surface area contributed by atoms with Gasteiger partial charge in [0.25, 0.3) is 0 Å². The van der Waals surface area contributed by atoms with Crippen molar-refractivity contribution in [2.45, 2.75) is 6.92 Å². The number of pyridine rings is 1. The molecule has 1 saturated heterocycles. The Kier molecular flexibility index (Phi) is 4.14. The maximum atomic E-state index is 11.7. The zero-order valence-corrected chi connectivity index (χ0v) is 10.9. The molecule has 0 bridgehead atoms. The molecular formula is C14H16N4O. The van der Waals surface area contributed by atoms with Crippen molar-refractivity contribution in [2.24, 2.45) is 0 Å². The van der Waals surface area contributed by atoms with Crippen LogP contribution >= 0.6 is 0 Å². The molecule has 1 aromatic rings. The number of hydrogen-bond acceptors (Lipinski definition) is 4. The Morgan fingerprint density at radius 2 is 2.11 bits per heavy atom. The highest BCUT2D eigenvalue weighted by Crippen LogP contribution is 2.14. The summed E-state index contributed by atoms with van der Waals surface area (Å²) in [5.74, 6) is 0.923. The first-order valence-electron chi connectivity index (χ1n) is 6.27. The largest absolute Gasteiger partial charge is 0.353 e. The minimum Gasteiger partial charge on any atom is -0.353 e. The van der Waals surface area contributed by atoms with Crippen LogP contribution in [0, 0.1) is 11.3 Å². The second-order valence-electron chi connectivity index (χ2n) is 4.33. The maximum absolute atomic E-state index is 11.7. The number of rotatable bonds is 2. The standard InChI is InChI=1S/C14H16N4O/c1-2-3-14(19)18-8-6-17(7-9-18)13-5-4-12(10-15)11-16-13/h2-5,11H,6-9H2,1H3/b3-2+. The summed E-state index contributed by atoms with van der Waals surface area (Å²) in [5, 5.41) is 8.73. The van der Waals surface area contributed by atoms with Crippen LogP contribution in [-0.2, 0) is 4.79 Å². The van der Waals surface area contributed by atoms with Crippen molar-refractivity contribution in [1.29, 1.82) is 5.26 Å². The van der Waals surface area contributed by atoms with Crippen LogP contribution in [0.2, 0.25) is 0 Å². The molecule has 0 unspecified atom stereocenters. The molecule has 1 amide bonds. The smallest absolute Gasteiger partial charge is 0.246 e. The molecule has 2 heterocycles. The third-order valence-corrected chi connectivity index (χ3v) is 3.10. The van der Waals surface area contributed by atoms with Crippen LogP contribution < -0.4 is 4.90 Å². The van der Waals surface area contributed by atoms with Crippen molar-refractivity contribution in [2.75, 3.05) is 31.1 Å². The molecule has 19 heavy (non-hydrogen) atoms. The van der Waals surface area contributed by atoms with Gasteiger partial charge in [-0.2, -0.15) is 5.26 Å². The molecular weight excluding hydrogens is 240 g/mol. The third-order valence-electron chi connectivity index (χ3n) is 3.10. The lowest BCUT2D eigenvalue weighted by Crippen LogP contribution is -2.48. The van der Waals surface area contributed by atoms with E-state index in [0.29, 0.717) is 18.7 Å². The Bertz CT molecular complexity index is 507. The molecule has 1 aliphatic rings. The van der Waals surface area contributed by atoms with E-state index in [1.807, 2.05) is 17.9 Å². The molecule has 0 N–H and O–H groups in total. The minimum absolute atomic E-state index is 0.0648. The van der Waals surface area contributed by atoms with Crippen LogP contribution in [0.4, 0.5) is 5.82 Å². The van der Waals surface area contributed by atoms with Crippen LogP contribution in [0.15, 0.2) is 30.5 Å². The Morgan fingerprint density at radius 3 is 2.63 bits per heavy atom. The number of nitrogens with zero attached hydrogens (tertiary/aromatic N) is 4. The molecule has 5 heteroatoms. The van der Waals surface area contributed by atoms with Crippen LogP contribution in [0.5, 0.6) is 0 Å². The predicted molar refractivity (Wildman–Crippen MR) is 72.6 cm³/mol. The number of hydrogen-bond donors (Lipinski definition) is 0. The maximum Gasteiger partial charge on any atom is 0.246 e. The number of aromatic nitrogens is 1. The number of anilines is 1. The molecule has 0 radical (unpaired) electrons. The molecule has 0 saturated carbocycles. The fourth-order valence-electron chi connectivity index (χ4n) is 2.04. The summed E-state index contributed by atoms with van der Waals surface area (Å²) in [5.41, 5.74) is 0.561. The molecule has 0 atom stereocenters. The van der Waals surface area contributed by atoms with Crippen LogP contribution in [0.1, 0.15) is 12.5 Å². The molecule has 5 nitrogen and oxygen atoms in total. The summed E-state index contributed by atoms with van der Waals surface area (Å²) in [6.07, 6.45) is 4.93. The van der Waals surface area contributed by atoms with Crippen molar-refractivity contribution in [3.63, 3.8) is 0 Å². The minimum atomic E-state index is 0.0648. The normalized spacial score (nSPS) is 15.6. The Morgan fingerprint density at radius 1 is 1.37 bits per heavy atom. The van der Waals surface area contributed by atoms with E-state index in [-0.39, 0.29) is 5.91 Å². The SMILES string of the molecule is C/C=C/C(=O)N1CCN(c2ccc(C#N)cn2)CC1. The van der Waals surface area contributed by atoms with Gasteiger partial charge < -0.3 is 9.80 Å². The highest BCUT2D eigenvalue weighted by atomic mass is 16.2. The Hall–Kier alpha value is -2.35. The van der Waals surface area contributed by atoms with Crippen LogP contribution in [0.25, 0.3) is 0 Å². The lowest BCUT2D eigenvalue weighted by atomic mass is 10.2. The number of allylic oxidation sites excluding steroid dienone is 1. The van der Waals surface area contributed by atoms with Gasteiger partial charge in [-0.25, -0.2) is 4.98 Å². The van der Waals surface area contributed by atoms with E-state index in [2.05, 4.69) is 16.0 Å². The second-order valence-corrected chi connectivity index (χ2v) is 4.33. The average Bonchev–Trinajstić information content (AvgIpc) is 2.48. The number of carbonyl (C=O) groups is 1. The molecule has 1 fully saturated rings. The molecule has 1 aliphatic heterocycles. The van der Waals surface area contributed by atoms with E-state index in [1.165, 1.54) is 0 Å². The summed E-state index contributed by atoms with van der Waals surface area (Å²) in [6.45, 7) is 4.77. The van der Waals surface area contributed by atoms with E-state index in [9.17, 15) is 4.79 Å². The Balaban J connectivity index is 1.96. The van der Waals surface area contributed by atoms with Crippen molar-refractivity contribution >= 4 is 11.7 Å². The summed E-state index contributed by atoms with van der Waals surface area (Å²) >= 11 is 0. The lowest BCUT2D eigenvalue weighted by molar-refractivity contribution is -0.126. The molecule has 0 spiro atoms. The van der Waals surface area contributed by atoms with Gasteiger partial charge >= 0.3 is 0 Å². The first-order chi connectivity index (χ1) is 9.24. The summed E-state index contributed by atoms with van der Waals surface area (Å²) in [7, 11) is 0. The zero-order chi connectivity index (χ0) is 13.7. The summed E-state index contributed by atoms with van der Waals surface area (Å²) in [6, 6.07) is 5.66. The average molecular weight is 256 g/mol. The highest BCUT2D eigenvalue weighted by Gasteiger charge is 2.20. The fourth-order valence-corrected chi connectivity index (χ4v) is 2.04. The van der Waals surface area contributed by atoms with Gasteiger partial charge in [0, 0.05) is 32.4 Å². The Labute approximate surface area is 112 Å². The first-order valence-corrected chi connectivity index (χ1v) is 6.27. The predicted octanol–water partition coefficient (Wildman–Crippen LogP) is 1.18. The van der Waals surface area contributed by atoms with E-state index in [4.69, 9.17) is 5.26 Å². The number of nitriles is 1. The van der Waals surface area contributed by atoms with Gasteiger partial charge in [0.2, 0.25) is 5.91 Å². The zero-order valence-electron chi connectivity index (χ0n) is 10.9. The van der Waals surface area contributed by atoms with Gasteiger partial charge in [0.15, 0.2) is 0 Å². The van der Waals surface area contributed by atoms with Gasteiger partial charge in [-0.1, -0.05) is 6.08 Å². The van der Waals surface area contributed by atoms with Crippen molar-refractivity contribution in [3.05, 3.63) is 36.0 Å². The number of carbonyl (C=O) groups excluding carboxylic acids is 1. The lowest BCUT2D eigenvalue weighted by Gasteiger charge is -2.34. The monoisotopic (exact) mass is 256 g/mol. The van der Waals surface area contributed by atoms with E-state index < -0.39 is 0 Å². The van der Waals surface area contributed by atoms with Crippen molar-refractivity contribution in [1.82, 2.24) is 9.88 Å². The summed E-state index contributed by atoms with van der Waals surface area (Å²) in [4.78, 5) is 19.9. The topological polar surface area (TPSA) is 60.2 Å². The quantitative estimate of drug-likeness (QED) is 0.745. The van der Waals surface area contributed by atoms with Crippen LogP contribution in [-0.4, -0.2) is 42.0 Å². The molecule has 0 aromatic carbocycles. The van der Waals surface area contributed by atoms with Gasteiger partial charge in [-0.05, 0) is 25.1 Å². The fraction of sp³-hybridized carbons (Fsp3) is 0.357. The van der Waals surface area contributed by atoms with Gasteiger partial charge in [0.1, 0.15) is 11.9 Å². The molecule has 2 rings (SSSR count). The van der Waals surface area contributed by atoms with Gasteiger partial charge in [-0.3, -0.25) is 4.79 Å². The van der Waals surface area contributed by atoms with Crippen molar-refractivity contribution in [3.8, 4) is 6.07 Å². The number of amides is 1. The molecule has 0 aliphatic carbocycles. The second kappa shape index (κ2) is 6.01. The number of piperazine rings is 1. The first kappa shape index (κ1) is 13.1. The van der Waals surface area contributed by atoms with E-state index in [0.717, 1.165) is 18.9 Å². The summed E-state index contributed by atoms with van der Waals surface area (Å²) < 4.78 is 0. The van der Waals surface area contributed by atoms with Gasteiger partial charge in [-0.15, -0.1) is 0 Å². The van der Waals surface area contributed by atoms with Gasteiger partial charge in [0.05, 0.1) is 5.56 Å².